The molecule has 2 bridgehead atoms. The Hall–Kier alpha value is -1.80. The predicted octanol–water partition coefficient (Wildman–Crippen LogP) is 1.36. The molecule has 0 radical (unpaired) electrons. The first-order chi connectivity index (χ1) is 25.6. The molecule has 4 atom stereocenters. The van der Waals surface area contributed by atoms with Gasteiger partial charge in [-0.05, 0) is 18.3 Å². The molecule has 52 heavy (non-hydrogen) atoms. The van der Waals surface area contributed by atoms with E-state index in [1.54, 1.807) is 7.11 Å². The minimum absolute atomic E-state index is 0.0197. The van der Waals surface area contributed by atoms with E-state index in [0.717, 1.165) is 6.42 Å². The highest BCUT2D eigenvalue weighted by molar-refractivity contribution is 5.74. The molecule has 0 saturated heterocycles. The van der Waals surface area contributed by atoms with Gasteiger partial charge in [0.15, 0.2) is 0 Å². The average Bonchev–Trinajstić information content (AvgIpc) is 3.76. The number of rotatable bonds is 39. The molecule has 1 fully saturated rings. The molecule has 0 aliphatic heterocycles. The van der Waals surface area contributed by atoms with Gasteiger partial charge in [-0.2, -0.15) is 0 Å². The van der Waals surface area contributed by atoms with Crippen molar-refractivity contribution >= 4 is 11.9 Å². The van der Waals surface area contributed by atoms with E-state index in [9.17, 15) is 9.59 Å². The summed E-state index contributed by atoms with van der Waals surface area (Å²) in [5.41, 5.74) is 0. The van der Waals surface area contributed by atoms with Gasteiger partial charge in [-0.15, -0.1) is 0 Å². The Kier molecular flexibility index (Phi) is 30.1. The van der Waals surface area contributed by atoms with Gasteiger partial charge in [-0.3, -0.25) is 9.59 Å². The molecule has 0 heterocycles. The molecule has 304 valence electrons. The van der Waals surface area contributed by atoms with Gasteiger partial charge >= 0.3 is 11.9 Å². The number of hydrogen-bond donors (Lipinski definition) is 0. The summed E-state index contributed by atoms with van der Waals surface area (Å²) in [6, 6.07) is 0. The van der Waals surface area contributed by atoms with Crippen molar-refractivity contribution in [2.45, 2.75) is 13.3 Å². The fraction of sp³-hybridized carbons (Fsp3) is 0.889. The van der Waals surface area contributed by atoms with Crippen molar-refractivity contribution < 1.29 is 75.9 Å². The summed E-state index contributed by atoms with van der Waals surface area (Å²) in [6.45, 7) is 13.0. The molecule has 2 aliphatic carbocycles. The number of carbonyl (C=O) groups excluding carboxylic acids is 2. The van der Waals surface area contributed by atoms with Crippen LogP contribution in [0, 0.1) is 23.7 Å². The van der Waals surface area contributed by atoms with Gasteiger partial charge in [0.25, 0.3) is 0 Å². The van der Waals surface area contributed by atoms with Crippen molar-refractivity contribution in [3.8, 4) is 0 Å². The lowest BCUT2D eigenvalue weighted by Gasteiger charge is -2.25. The molecular formula is C36H64O16. The zero-order valence-electron chi connectivity index (χ0n) is 31.4. The summed E-state index contributed by atoms with van der Waals surface area (Å²) in [4.78, 5) is 23.9. The second kappa shape index (κ2) is 33.7. The molecule has 16 heteroatoms. The van der Waals surface area contributed by atoms with Crippen molar-refractivity contribution in [3.63, 3.8) is 0 Å². The Morgan fingerprint density at radius 2 is 0.750 bits per heavy atom. The lowest BCUT2D eigenvalue weighted by Crippen LogP contribution is -2.33. The van der Waals surface area contributed by atoms with Gasteiger partial charge < -0.3 is 66.3 Å². The van der Waals surface area contributed by atoms with Crippen LogP contribution in [0.4, 0.5) is 0 Å². The number of esters is 2. The average molecular weight is 753 g/mol. The lowest BCUT2D eigenvalue weighted by atomic mass is 9.83. The lowest BCUT2D eigenvalue weighted by molar-refractivity contribution is -0.156. The third-order valence-electron chi connectivity index (χ3n) is 8.00. The number of fused-ring (bicyclic) bond motifs is 2. The van der Waals surface area contributed by atoms with E-state index in [2.05, 4.69) is 12.2 Å². The third kappa shape index (κ3) is 24.5. The van der Waals surface area contributed by atoms with Crippen molar-refractivity contribution in [2.24, 2.45) is 23.7 Å². The van der Waals surface area contributed by atoms with E-state index in [-0.39, 0.29) is 48.8 Å². The predicted molar refractivity (Wildman–Crippen MR) is 186 cm³/mol. The number of methoxy groups -OCH3 is 1. The van der Waals surface area contributed by atoms with Gasteiger partial charge in [0, 0.05) is 20.0 Å². The van der Waals surface area contributed by atoms with Gasteiger partial charge in [0.1, 0.15) is 6.61 Å². The maximum absolute atomic E-state index is 12.6. The highest BCUT2D eigenvalue weighted by Gasteiger charge is 2.49. The molecule has 0 aromatic rings. The molecule has 16 nitrogen and oxygen atoms in total. The summed E-state index contributed by atoms with van der Waals surface area (Å²) >= 11 is 0. The van der Waals surface area contributed by atoms with Crippen LogP contribution in [-0.2, 0) is 75.9 Å². The van der Waals surface area contributed by atoms with E-state index in [1.165, 1.54) is 6.92 Å². The fourth-order valence-corrected chi connectivity index (χ4v) is 5.46. The highest BCUT2D eigenvalue weighted by Crippen LogP contribution is 2.48. The molecule has 0 N–H and O–H groups in total. The number of hydrogen-bond acceptors (Lipinski definition) is 16. The summed E-state index contributed by atoms with van der Waals surface area (Å²) in [7, 11) is 1.64. The zero-order valence-corrected chi connectivity index (χ0v) is 31.4. The first-order valence-corrected chi connectivity index (χ1v) is 18.5. The summed E-state index contributed by atoms with van der Waals surface area (Å²) in [5, 5.41) is 0. The van der Waals surface area contributed by atoms with Crippen molar-refractivity contribution in [1.29, 1.82) is 0 Å². The van der Waals surface area contributed by atoms with Crippen LogP contribution in [0.3, 0.4) is 0 Å². The smallest absolute Gasteiger partial charge is 0.310 e. The number of carbonyl (C=O) groups is 2. The minimum Gasteiger partial charge on any atom is -0.466 e. The van der Waals surface area contributed by atoms with Crippen LogP contribution >= 0.6 is 0 Å². The second-order valence-electron chi connectivity index (χ2n) is 11.8. The normalized spacial score (nSPS) is 19.1. The van der Waals surface area contributed by atoms with Crippen LogP contribution in [0.25, 0.3) is 0 Å². The van der Waals surface area contributed by atoms with Gasteiger partial charge in [0.2, 0.25) is 0 Å². The van der Waals surface area contributed by atoms with Crippen LogP contribution in [0.15, 0.2) is 12.2 Å². The van der Waals surface area contributed by atoms with Crippen LogP contribution in [0.1, 0.15) is 13.3 Å². The summed E-state index contributed by atoms with van der Waals surface area (Å²) in [5.74, 6) is -0.460. The zero-order chi connectivity index (χ0) is 37.2. The van der Waals surface area contributed by atoms with Crippen molar-refractivity contribution in [1.82, 2.24) is 0 Å². The van der Waals surface area contributed by atoms with E-state index < -0.39 is 0 Å². The second-order valence-corrected chi connectivity index (χ2v) is 11.8. The quantitative estimate of drug-likeness (QED) is 0.0502. The molecule has 2 unspecified atom stereocenters. The summed E-state index contributed by atoms with van der Waals surface area (Å²) in [6.07, 6.45) is 5.10. The SMILES string of the molecule is COCCOCCOCCOCCOCCOCCOCCOCCOCCOCCOCCOCCOC(=O)C1C(COC(C)=O)[C@H]2C=C[C@@H]1C2. The molecular weight excluding hydrogens is 688 g/mol. The Morgan fingerprint density at radius 3 is 1.08 bits per heavy atom. The van der Waals surface area contributed by atoms with Crippen LogP contribution in [0.5, 0.6) is 0 Å². The fourth-order valence-electron chi connectivity index (χ4n) is 5.46. The standard InChI is InChI=1S/C36H64O16/c1-31(37)52-30-34-32-3-4-33(29-32)35(34)36(38)51-28-27-50-26-25-49-24-23-48-22-21-47-20-19-46-18-17-45-16-15-44-14-13-43-12-11-42-10-9-41-8-7-40-6-5-39-2/h3-4,32-35H,5-30H2,1-2H3/t32-,33+,34?,35?/m0/s1. The number of ether oxygens (including phenoxy) is 14. The molecule has 0 spiro atoms. The van der Waals surface area contributed by atoms with E-state index in [1.807, 2.05) is 0 Å². The molecule has 2 rings (SSSR count). The maximum Gasteiger partial charge on any atom is 0.310 e. The van der Waals surface area contributed by atoms with Crippen LogP contribution in [-0.4, -0.2) is 184 Å². The number of allylic oxidation sites excluding steroid dienone is 2. The first-order valence-electron chi connectivity index (χ1n) is 18.5. The van der Waals surface area contributed by atoms with Crippen molar-refractivity contribution in [2.75, 3.05) is 172 Å². The Morgan fingerprint density at radius 1 is 0.442 bits per heavy atom. The van der Waals surface area contributed by atoms with Crippen LogP contribution in [0.2, 0.25) is 0 Å². The monoisotopic (exact) mass is 752 g/mol. The highest BCUT2D eigenvalue weighted by atomic mass is 16.6. The molecule has 0 amide bonds. The summed E-state index contributed by atoms with van der Waals surface area (Å²) < 4.78 is 75.5. The molecule has 1 saturated carbocycles. The van der Waals surface area contributed by atoms with E-state index in [0.29, 0.717) is 152 Å². The Balaban J connectivity index is 1.19. The van der Waals surface area contributed by atoms with Gasteiger partial charge in [-0.1, -0.05) is 12.2 Å². The van der Waals surface area contributed by atoms with Crippen LogP contribution < -0.4 is 0 Å². The van der Waals surface area contributed by atoms with Crippen molar-refractivity contribution in [3.05, 3.63) is 12.2 Å². The first kappa shape index (κ1) is 46.4. The van der Waals surface area contributed by atoms with E-state index >= 15 is 0 Å². The largest absolute Gasteiger partial charge is 0.466 e. The third-order valence-corrected chi connectivity index (χ3v) is 8.00. The Bertz CT molecular complexity index is 877. The molecule has 2 aliphatic rings. The maximum atomic E-state index is 12.6. The Labute approximate surface area is 309 Å². The van der Waals surface area contributed by atoms with Gasteiger partial charge in [-0.25, -0.2) is 0 Å². The van der Waals surface area contributed by atoms with E-state index in [4.69, 9.17) is 66.3 Å². The topological polar surface area (TPSA) is 163 Å². The van der Waals surface area contributed by atoms with Gasteiger partial charge in [0.05, 0.1) is 164 Å². The molecule has 0 aromatic carbocycles. The molecule has 0 aromatic heterocycles. The minimum atomic E-state index is -0.335.